The summed E-state index contributed by atoms with van der Waals surface area (Å²) in [6.45, 7) is 15.2. The van der Waals surface area contributed by atoms with E-state index in [9.17, 15) is 0 Å². The molecule has 0 atom stereocenters. The maximum absolute atomic E-state index is 4.49. The first-order chi connectivity index (χ1) is 12.0. The van der Waals surface area contributed by atoms with E-state index in [-0.39, 0.29) is 5.41 Å². The van der Waals surface area contributed by atoms with E-state index in [1.54, 1.807) is 0 Å². The molecular weight excluding hydrogens is 302 g/mol. The van der Waals surface area contributed by atoms with Gasteiger partial charge >= 0.3 is 0 Å². The van der Waals surface area contributed by atoms with Crippen molar-refractivity contribution >= 4 is 22.6 Å². The molecule has 1 N–H and O–H groups in total. The van der Waals surface area contributed by atoms with E-state index in [2.05, 4.69) is 75.3 Å². The summed E-state index contributed by atoms with van der Waals surface area (Å²) >= 11 is 0. The SMILES string of the molecule is C=Cc1ccc2c3c([nH]c2c1)C(C)(C)c1ccc(CCC)cc1C3=C. The second kappa shape index (κ2) is 5.49. The van der Waals surface area contributed by atoms with Gasteiger partial charge in [-0.1, -0.05) is 76.8 Å². The van der Waals surface area contributed by atoms with Gasteiger partial charge in [-0.25, -0.2) is 0 Å². The molecule has 3 aromatic rings. The molecule has 2 aromatic carbocycles. The summed E-state index contributed by atoms with van der Waals surface area (Å²) in [6, 6.07) is 13.4. The number of benzene rings is 2. The summed E-state index contributed by atoms with van der Waals surface area (Å²) in [5, 5.41) is 1.25. The molecule has 1 aromatic heterocycles. The van der Waals surface area contributed by atoms with E-state index in [1.807, 2.05) is 6.08 Å². The lowest BCUT2D eigenvalue weighted by atomic mass is 9.70. The zero-order chi connectivity index (χ0) is 17.8. The Morgan fingerprint density at radius 1 is 1.12 bits per heavy atom. The van der Waals surface area contributed by atoms with Crippen molar-refractivity contribution in [2.75, 3.05) is 0 Å². The van der Waals surface area contributed by atoms with E-state index in [0.717, 1.165) is 24.0 Å². The minimum atomic E-state index is -0.0655. The highest BCUT2D eigenvalue weighted by molar-refractivity contribution is 6.01. The Labute approximate surface area is 150 Å². The summed E-state index contributed by atoms with van der Waals surface area (Å²) in [5.41, 5.74) is 9.98. The van der Waals surface area contributed by atoms with Gasteiger partial charge in [-0.2, -0.15) is 0 Å². The molecule has 0 aliphatic heterocycles. The highest BCUT2D eigenvalue weighted by atomic mass is 14.8. The number of rotatable bonds is 3. The van der Waals surface area contributed by atoms with Gasteiger partial charge in [-0.3, -0.25) is 0 Å². The van der Waals surface area contributed by atoms with Crippen LogP contribution in [0.2, 0.25) is 0 Å². The van der Waals surface area contributed by atoms with Crippen molar-refractivity contribution in [3.8, 4) is 0 Å². The number of aromatic amines is 1. The van der Waals surface area contributed by atoms with Gasteiger partial charge in [-0.15, -0.1) is 0 Å². The van der Waals surface area contributed by atoms with E-state index in [4.69, 9.17) is 0 Å². The lowest BCUT2D eigenvalue weighted by Crippen LogP contribution is -2.26. The van der Waals surface area contributed by atoms with Gasteiger partial charge in [0, 0.05) is 27.6 Å². The highest BCUT2D eigenvalue weighted by Gasteiger charge is 2.36. The maximum Gasteiger partial charge on any atom is 0.0468 e. The lowest BCUT2D eigenvalue weighted by Gasteiger charge is -2.34. The Bertz CT molecular complexity index is 1010. The van der Waals surface area contributed by atoms with Crippen LogP contribution in [-0.4, -0.2) is 4.98 Å². The predicted octanol–water partition coefficient (Wildman–Crippen LogP) is 6.46. The van der Waals surface area contributed by atoms with E-state index >= 15 is 0 Å². The average Bonchev–Trinajstić information content (AvgIpc) is 3.00. The first-order valence-corrected chi connectivity index (χ1v) is 9.09. The van der Waals surface area contributed by atoms with Crippen LogP contribution in [0, 0.1) is 0 Å². The molecule has 1 heterocycles. The third-order valence-electron chi connectivity index (χ3n) is 5.61. The summed E-state index contributed by atoms with van der Waals surface area (Å²) in [5.74, 6) is 0. The first-order valence-electron chi connectivity index (χ1n) is 9.09. The van der Waals surface area contributed by atoms with Crippen molar-refractivity contribution in [2.24, 2.45) is 0 Å². The molecule has 0 unspecified atom stereocenters. The number of aryl methyl sites for hydroxylation is 1. The van der Waals surface area contributed by atoms with E-state index < -0.39 is 0 Å². The fourth-order valence-electron chi connectivity index (χ4n) is 4.22. The largest absolute Gasteiger partial charge is 0.357 e. The molecule has 126 valence electrons. The van der Waals surface area contributed by atoms with Crippen LogP contribution in [-0.2, 0) is 11.8 Å². The molecule has 0 radical (unpaired) electrons. The molecule has 1 aliphatic carbocycles. The monoisotopic (exact) mass is 327 g/mol. The second-order valence-electron chi connectivity index (χ2n) is 7.62. The van der Waals surface area contributed by atoms with Crippen LogP contribution >= 0.6 is 0 Å². The second-order valence-corrected chi connectivity index (χ2v) is 7.62. The van der Waals surface area contributed by atoms with Gasteiger partial charge in [0.2, 0.25) is 0 Å². The minimum absolute atomic E-state index is 0.0655. The van der Waals surface area contributed by atoms with Gasteiger partial charge in [0.1, 0.15) is 0 Å². The van der Waals surface area contributed by atoms with Crippen LogP contribution in [0.1, 0.15) is 60.7 Å². The Morgan fingerprint density at radius 3 is 2.64 bits per heavy atom. The Balaban J connectivity index is 2.00. The lowest BCUT2D eigenvalue weighted by molar-refractivity contribution is 0.613. The first kappa shape index (κ1) is 16.0. The number of nitrogens with one attached hydrogen (secondary N) is 1. The zero-order valence-electron chi connectivity index (χ0n) is 15.4. The maximum atomic E-state index is 4.49. The topological polar surface area (TPSA) is 15.8 Å². The van der Waals surface area contributed by atoms with Crippen molar-refractivity contribution in [3.63, 3.8) is 0 Å². The quantitative estimate of drug-likeness (QED) is 0.568. The normalized spacial score (nSPS) is 15.1. The fourth-order valence-corrected chi connectivity index (χ4v) is 4.22. The van der Waals surface area contributed by atoms with Crippen LogP contribution in [0.25, 0.3) is 22.6 Å². The Hall–Kier alpha value is -2.54. The van der Waals surface area contributed by atoms with Crippen molar-refractivity contribution < 1.29 is 0 Å². The molecular formula is C24H25N. The van der Waals surface area contributed by atoms with E-state index in [1.165, 1.54) is 38.9 Å². The van der Waals surface area contributed by atoms with Gasteiger partial charge in [-0.05, 0) is 40.3 Å². The molecule has 25 heavy (non-hydrogen) atoms. The molecule has 0 spiro atoms. The third-order valence-corrected chi connectivity index (χ3v) is 5.61. The summed E-state index contributed by atoms with van der Waals surface area (Å²) in [6.07, 6.45) is 4.17. The van der Waals surface area contributed by atoms with Crippen LogP contribution in [0.4, 0.5) is 0 Å². The van der Waals surface area contributed by atoms with Crippen LogP contribution in [0.3, 0.4) is 0 Å². The van der Waals surface area contributed by atoms with Gasteiger partial charge < -0.3 is 4.98 Å². The van der Waals surface area contributed by atoms with Crippen molar-refractivity contribution in [2.45, 2.75) is 39.0 Å². The summed E-state index contributed by atoms with van der Waals surface area (Å²) < 4.78 is 0. The molecule has 0 saturated heterocycles. The van der Waals surface area contributed by atoms with Crippen molar-refractivity contribution in [1.82, 2.24) is 4.98 Å². The van der Waals surface area contributed by atoms with Gasteiger partial charge in [0.25, 0.3) is 0 Å². The number of aromatic nitrogens is 1. The van der Waals surface area contributed by atoms with Crippen molar-refractivity contribution in [3.05, 3.63) is 83.1 Å². The molecule has 0 amide bonds. The Morgan fingerprint density at radius 2 is 1.92 bits per heavy atom. The zero-order valence-corrected chi connectivity index (χ0v) is 15.4. The van der Waals surface area contributed by atoms with Gasteiger partial charge in [0.15, 0.2) is 0 Å². The molecule has 4 rings (SSSR count). The summed E-state index contributed by atoms with van der Waals surface area (Å²) in [7, 11) is 0. The van der Waals surface area contributed by atoms with Gasteiger partial charge in [0.05, 0.1) is 0 Å². The highest BCUT2D eigenvalue weighted by Crippen LogP contribution is 2.48. The molecule has 1 aliphatic rings. The Kier molecular flexibility index (Phi) is 3.50. The average molecular weight is 327 g/mol. The molecule has 1 nitrogen and oxygen atoms in total. The molecule has 0 saturated carbocycles. The summed E-state index contributed by atoms with van der Waals surface area (Å²) in [4.78, 5) is 3.68. The van der Waals surface area contributed by atoms with Crippen LogP contribution < -0.4 is 0 Å². The number of hydrogen-bond donors (Lipinski definition) is 1. The number of fused-ring (bicyclic) bond motifs is 4. The molecule has 0 fully saturated rings. The third kappa shape index (κ3) is 2.22. The van der Waals surface area contributed by atoms with Crippen molar-refractivity contribution in [1.29, 1.82) is 0 Å². The van der Waals surface area contributed by atoms with Crippen LogP contribution in [0.15, 0.2) is 49.6 Å². The fraction of sp³-hybridized carbons (Fsp3) is 0.250. The standard InChI is InChI=1S/C24H25N/c1-6-8-17-10-12-20-19(13-17)15(3)22-18-11-9-16(7-2)14-21(18)25-23(22)24(20,4)5/h7,9-14,25H,2-3,6,8H2,1,4-5H3. The number of hydrogen-bond acceptors (Lipinski definition) is 0. The smallest absolute Gasteiger partial charge is 0.0468 e. The minimum Gasteiger partial charge on any atom is -0.357 e. The van der Waals surface area contributed by atoms with E-state index in [0.29, 0.717) is 0 Å². The van der Waals surface area contributed by atoms with Crippen LogP contribution in [0.5, 0.6) is 0 Å². The molecule has 1 heteroatoms. The predicted molar refractivity (Wildman–Crippen MR) is 109 cm³/mol. The number of H-pyrrole nitrogens is 1. The molecule has 0 bridgehead atoms.